The molecule has 1 fully saturated rings. The minimum Gasteiger partial charge on any atom is -0.388 e. The summed E-state index contributed by atoms with van der Waals surface area (Å²) in [5, 5.41) is 35.8. The quantitative estimate of drug-likeness (QED) is 0.507. The summed E-state index contributed by atoms with van der Waals surface area (Å²) in [6.45, 7) is 3.98. The highest BCUT2D eigenvalue weighted by molar-refractivity contribution is 7.80. The lowest BCUT2D eigenvalue weighted by molar-refractivity contribution is -0.214. The summed E-state index contributed by atoms with van der Waals surface area (Å²) in [6.07, 6.45) is -3.71. The topological polar surface area (TPSA) is 94.0 Å². The number of nitrogens with one attached hydrogen (secondary N) is 2. The third kappa shape index (κ3) is 4.62. The molecule has 0 saturated carbocycles. The Kier molecular flexibility index (Phi) is 6.32. The van der Waals surface area contributed by atoms with Gasteiger partial charge in [-0.25, -0.2) is 0 Å². The third-order valence-corrected chi connectivity index (χ3v) is 4.28. The van der Waals surface area contributed by atoms with Crippen LogP contribution < -0.4 is 10.6 Å². The molecule has 128 valence electrons. The Labute approximate surface area is 141 Å². The molecule has 0 aromatic heterocycles. The van der Waals surface area contributed by atoms with Gasteiger partial charge in [-0.2, -0.15) is 0 Å². The molecule has 0 aliphatic carbocycles. The van der Waals surface area contributed by atoms with Crippen molar-refractivity contribution in [2.24, 2.45) is 0 Å². The number of aliphatic hydroxyl groups excluding tert-OH is 3. The Morgan fingerprint density at radius 3 is 2.39 bits per heavy atom. The molecule has 7 heteroatoms. The molecule has 1 aromatic carbocycles. The standard InChI is InChI=1S/C16H24N2O4S/c1-3-10-4-6-11(7-5-10)18-16(23)17-8-12-14(20)15(21)13(19)9(2)22-12/h4-7,9,12-15,19-21H,3,8H2,1-2H3,(H2,17,18,23)/t9-,12+,13+,14+,15+/m0/s1. The first-order chi connectivity index (χ1) is 10.9. The Morgan fingerprint density at radius 1 is 1.13 bits per heavy atom. The minimum absolute atomic E-state index is 0.230. The lowest BCUT2D eigenvalue weighted by Crippen LogP contribution is -2.59. The van der Waals surface area contributed by atoms with E-state index in [1.165, 1.54) is 5.56 Å². The van der Waals surface area contributed by atoms with E-state index in [0.717, 1.165) is 12.1 Å². The van der Waals surface area contributed by atoms with E-state index in [1.807, 2.05) is 24.3 Å². The molecule has 1 saturated heterocycles. The molecule has 1 aliphatic rings. The van der Waals surface area contributed by atoms with E-state index in [9.17, 15) is 15.3 Å². The molecule has 5 atom stereocenters. The van der Waals surface area contributed by atoms with Crippen molar-refractivity contribution in [3.05, 3.63) is 29.8 Å². The molecule has 0 unspecified atom stereocenters. The van der Waals surface area contributed by atoms with Gasteiger partial charge in [-0.05, 0) is 43.3 Å². The zero-order chi connectivity index (χ0) is 17.0. The monoisotopic (exact) mass is 340 g/mol. The number of benzene rings is 1. The predicted molar refractivity (Wildman–Crippen MR) is 92.4 cm³/mol. The number of hydrogen-bond donors (Lipinski definition) is 5. The second-order valence-corrected chi connectivity index (χ2v) is 6.15. The van der Waals surface area contributed by atoms with Crippen molar-refractivity contribution in [1.29, 1.82) is 0 Å². The minimum atomic E-state index is -1.23. The number of anilines is 1. The molecule has 0 spiro atoms. The zero-order valence-corrected chi connectivity index (χ0v) is 14.1. The van der Waals surface area contributed by atoms with E-state index < -0.39 is 30.5 Å². The fourth-order valence-corrected chi connectivity index (χ4v) is 2.70. The Hall–Kier alpha value is -1.25. The van der Waals surface area contributed by atoms with Crippen molar-refractivity contribution in [2.45, 2.75) is 50.8 Å². The van der Waals surface area contributed by atoms with Gasteiger partial charge in [0.05, 0.1) is 6.10 Å². The molecule has 0 radical (unpaired) electrons. The van der Waals surface area contributed by atoms with Gasteiger partial charge in [-0.1, -0.05) is 19.1 Å². The lowest BCUT2D eigenvalue weighted by atomic mass is 9.96. The average molecular weight is 340 g/mol. The van der Waals surface area contributed by atoms with E-state index in [4.69, 9.17) is 17.0 Å². The number of ether oxygens (including phenoxy) is 1. The maximum absolute atomic E-state index is 9.95. The van der Waals surface area contributed by atoms with Gasteiger partial charge in [0.1, 0.15) is 24.4 Å². The second-order valence-electron chi connectivity index (χ2n) is 5.74. The molecule has 1 aromatic rings. The molecule has 0 amide bonds. The van der Waals surface area contributed by atoms with Crippen LogP contribution in [0.15, 0.2) is 24.3 Å². The first-order valence-corrected chi connectivity index (χ1v) is 8.16. The maximum atomic E-state index is 9.95. The van der Waals surface area contributed by atoms with Crippen molar-refractivity contribution in [1.82, 2.24) is 5.32 Å². The number of rotatable bonds is 4. The number of aryl methyl sites for hydroxylation is 1. The van der Waals surface area contributed by atoms with Crippen molar-refractivity contribution in [3.63, 3.8) is 0 Å². The van der Waals surface area contributed by atoms with Gasteiger partial charge in [0.25, 0.3) is 0 Å². The van der Waals surface area contributed by atoms with E-state index in [1.54, 1.807) is 6.92 Å². The largest absolute Gasteiger partial charge is 0.388 e. The van der Waals surface area contributed by atoms with E-state index >= 15 is 0 Å². The number of thiocarbonyl (C=S) groups is 1. The highest BCUT2D eigenvalue weighted by Crippen LogP contribution is 2.20. The van der Waals surface area contributed by atoms with Gasteiger partial charge >= 0.3 is 0 Å². The molecule has 2 rings (SSSR count). The molecular formula is C16H24N2O4S. The number of aliphatic hydroxyl groups is 3. The van der Waals surface area contributed by atoms with Crippen LogP contribution in [0.3, 0.4) is 0 Å². The summed E-state index contributed by atoms with van der Waals surface area (Å²) in [4.78, 5) is 0. The van der Waals surface area contributed by atoms with Crippen LogP contribution in [0.5, 0.6) is 0 Å². The Bertz CT molecular complexity index is 525. The van der Waals surface area contributed by atoms with E-state index in [2.05, 4.69) is 17.6 Å². The Balaban J connectivity index is 1.83. The van der Waals surface area contributed by atoms with E-state index in [-0.39, 0.29) is 6.54 Å². The maximum Gasteiger partial charge on any atom is 0.170 e. The van der Waals surface area contributed by atoms with Crippen LogP contribution in [0.4, 0.5) is 5.69 Å². The second kappa shape index (κ2) is 8.03. The van der Waals surface area contributed by atoms with Crippen LogP contribution in [0, 0.1) is 0 Å². The predicted octanol–water partition coefficient (Wildman–Crippen LogP) is 0.405. The van der Waals surface area contributed by atoms with Crippen LogP contribution >= 0.6 is 12.2 Å². The van der Waals surface area contributed by atoms with Gasteiger partial charge in [-0.3, -0.25) is 0 Å². The first kappa shape index (κ1) is 18.1. The normalized spacial score (nSPS) is 30.7. The highest BCUT2D eigenvalue weighted by atomic mass is 32.1. The molecular weight excluding hydrogens is 316 g/mol. The number of hydrogen-bond acceptors (Lipinski definition) is 5. The molecule has 5 N–H and O–H groups in total. The van der Waals surface area contributed by atoms with Gasteiger partial charge in [0.2, 0.25) is 0 Å². The van der Waals surface area contributed by atoms with Gasteiger partial charge in [-0.15, -0.1) is 0 Å². The van der Waals surface area contributed by atoms with Gasteiger partial charge in [0, 0.05) is 12.2 Å². The fraction of sp³-hybridized carbons (Fsp3) is 0.562. The smallest absolute Gasteiger partial charge is 0.170 e. The van der Waals surface area contributed by atoms with Gasteiger partial charge < -0.3 is 30.7 Å². The van der Waals surface area contributed by atoms with E-state index in [0.29, 0.717) is 5.11 Å². The van der Waals surface area contributed by atoms with Crippen LogP contribution in [0.2, 0.25) is 0 Å². The molecule has 0 bridgehead atoms. The van der Waals surface area contributed by atoms with Gasteiger partial charge in [0.15, 0.2) is 5.11 Å². The SMILES string of the molecule is CCc1ccc(NC(=S)NC[C@H]2O[C@@H](C)[C@@H](O)[C@@H](O)[C@@H]2O)cc1. The zero-order valence-electron chi connectivity index (χ0n) is 13.3. The van der Waals surface area contributed by atoms with Crippen molar-refractivity contribution in [2.75, 3.05) is 11.9 Å². The molecule has 6 nitrogen and oxygen atoms in total. The first-order valence-electron chi connectivity index (χ1n) is 7.75. The van der Waals surface area contributed by atoms with Crippen molar-refractivity contribution < 1.29 is 20.1 Å². The molecule has 23 heavy (non-hydrogen) atoms. The van der Waals surface area contributed by atoms with Crippen LogP contribution in [0.1, 0.15) is 19.4 Å². The Morgan fingerprint density at radius 2 is 1.78 bits per heavy atom. The lowest BCUT2D eigenvalue weighted by Gasteiger charge is -2.39. The summed E-state index contributed by atoms with van der Waals surface area (Å²) in [5.41, 5.74) is 2.11. The summed E-state index contributed by atoms with van der Waals surface area (Å²) >= 11 is 5.22. The fourth-order valence-electron chi connectivity index (χ4n) is 2.50. The third-order valence-electron chi connectivity index (χ3n) is 4.03. The summed E-state index contributed by atoms with van der Waals surface area (Å²) < 4.78 is 5.50. The summed E-state index contributed by atoms with van der Waals surface area (Å²) in [5.74, 6) is 0. The summed E-state index contributed by atoms with van der Waals surface area (Å²) in [6, 6.07) is 7.94. The van der Waals surface area contributed by atoms with Crippen molar-refractivity contribution >= 4 is 23.0 Å². The van der Waals surface area contributed by atoms with Crippen LogP contribution in [-0.2, 0) is 11.2 Å². The van der Waals surface area contributed by atoms with Crippen molar-refractivity contribution in [3.8, 4) is 0 Å². The molecule has 1 aliphatic heterocycles. The average Bonchev–Trinajstić information content (AvgIpc) is 2.55. The van der Waals surface area contributed by atoms with Crippen LogP contribution in [0.25, 0.3) is 0 Å². The highest BCUT2D eigenvalue weighted by Gasteiger charge is 2.41. The summed E-state index contributed by atoms with van der Waals surface area (Å²) in [7, 11) is 0. The molecule has 1 heterocycles. The van der Waals surface area contributed by atoms with Crippen LogP contribution in [-0.4, -0.2) is 57.5 Å².